The van der Waals surface area contributed by atoms with Crippen molar-refractivity contribution in [3.63, 3.8) is 0 Å². The van der Waals surface area contributed by atoms with E-state index in [0.29, 0.717) is 41.4 Å². The second-order valence-corrected chi connectivity index (χ2v) is 7.50. The SMILES string of the molecule is CCOc1ccc(C(C)=O)cc1CSc1nnc(CC(C)c2ccccc2)o1. The van der Waals surface area contributed by atoms with E-state index in [-0.39, 0.29) is 5.78 Å². The Balaban J connectivity index is 1.65. The highest BCUT2D eigenvalue weighted by molar-refractivity contribution is 7.98. The molecule has 0 N–H and O–H groups in total. The summed E-state index contributed by atoms with van der Waals surface area (Å²) in [4.78, 5) is 11.7. The van der Waals surface area contributed by atoms with E-state index in [2.05, 4.69) is 29.3 Å². The first kappa shape index (κ1) is 20.1. The van der Waals surface area contributed by atoms with Gasteiger partial charge in [-0.25, -0.2) is 0 Å². The van der Waals surface area contributed by atoms with E-state index >= 15 is 0 Å². The van der Waals surface area contributed by atoms with Crippen molar-refractivity contribution in [1.82, 2.24) is 10.2 Å². The number of nitrogens with zero attached hydrogens (tertiary/aromatic N) is 2. The van der Waals surface area contributed by atoms with Gasteiger partial charge in [-0.15, -0.1) is 10.2 Å². The van der Waals surface area contributed by atoms with Crippen LogP contribution in [0.25, 0.3) is 0 Å². The molecule has 0 fully saturated rings. The molecule has 0 saturated heterocycles. The lowest BCUT2D eigenvalue weighted by Gasteiger charge is -2.10. The summed E-state index contributed by atoms with van der Waals surface area (Å²) in [7, 11) is 0. The molecule has 1 unspecified atom stereocenters. The van der Waals surface area contributed by atoms with Gasteiger partial charge in [0.25, 0.3) is 5.22 Å². The number of aromatic nitrogens is 2. The summed E-state index contributed by atoms with van der Waals surface area (Å²) in [5, 5.41) is 8.84. The lowest BCUT2D eigenvalue weighted by atomic mass is 9.98. The van der Waals surface area contributed by atoms with Gasteiger partial charge >= 0.3 is 0 Å². The fourth-order valence-electron chi connectivity index (χ4n) is 2.89. The standard InChI is InChI=1S/C22H24N2O3S/c1-4-26-20-11-10-18(16(3)25)13-19(20)14-28-22-24-23-21(27-22)12-15(2)17-8-6-5-7-9-17/h5-11,13,15H,4,12,14H2,1-3H3. The minimum Gasteiger partial charge on any atom is -0.494 e. The van der Waals surface area contributed by atoms with Gasteiger partial charge in [-0.2, -0.15) is 0 Å². The third kappa shape index (κ3) is 5.23. The van der Waals surface area contributed by atoms with Crippen LogP contribution in [0.3, 0.4) is 0 Å². The summed E-state index contributed by atoms with van der Waals surface area (Å²) in [6, 6.07) is 15.8. The summed E-state index contributed by atoms with van der Waals surface area (Å²) in [5.41, 5.74) is 2.86. The van der Waals surface area contributed by atoms with E-state index in [0.717, 1.165) is 11.3 Å². The molecular formula is C22H24N2O3S. The van der Waals surface area contributed by atoms with E-state index in [9.17, 15) is 4.79 Å². The van der Waals surface area contributed by atoms with Crippen molar-refractivity contribution in [3.8, 4) is 5.75 Å². The zero-order chi connectivity index (χ0) is 19.9. The van der Waals surface area contributed by atoms with Crippen molar-refractivity contribution >= 4 is 17.5 Å². The number of ketones is 1. The lowest BCUT2D eigenvalue weighted by Crippen LogP contribution is -1.99. The van der Waals surface area contributed by atoms with Crippen LogP contribution < -0.4 is 4.74 Å². The molecule has 0 aliphatic rings. The van der Waals surface area contributed by atoms with Crippen LogP contribution in [0.2, 0.25) is 0 Å². The van der Waals surface area contributed by atoms with Gasteiger partial charge in [0.05, 0.1) is 6.61 Å². The van der Waals surface area contributed by atoms with Crippen LogP contribution in [0.4, 0.5) is 0 Å². The van der Waals surface area contributed by atoms with Crippen LogP contribution in [0.5, 0.6) is 5.75 Å². The molecule has 0 amide bonds. The van der Waals surface area contributed by atoms with Crippen LogP contribution in [-0.4, -0.2) is 22.6 Å². The predicted molar refractivity (Wildman–Crippen MR) is 110 cm³/mol. The molecule has 0 saturated carbocycles. The molecule has 0 aliphatic heterocycles. The maximum Gasteiger partial charge on any atom is 0.276 e. The molecule has 6 heteroatoms. The minimum absolute atomic E-state index is 0.0317. The first-order valence-corrected chi connectivity index (χ1v) is 10.3. The van der Waals surface area contributed by atoms with Crippen LogP contribution in [-0.2, 0) is 12.2 Å². The van der Waals surface area contributed by atoms with Crippen molar-refractivity contribution in [1.29, 1.82) is 0 Å². The Hall–Kier alpha value is -2.60. The number of carbonyl (C=O) groups is 1. The Kier molecular flexibility index (Phi) is 6.87. The number of carbonyl (C=O) groups excluding carboxylic acids is 1. The Bertz CT molecular complexity index is 925. The largest absolute Gasteiger partial charge is 0.494 e. The van der Waals surface area contributed by atoms with Crippen LogP contribution in [0, 0.1) is 0 Å². The summed E-state index contributed by atoms with van der Waals surface area (Å²) in [6.45, 7) is 6.21. The van der Waals surface area contributed by atoms with Gasteiger partial charge in [0.1, 0.15) is 5.75 Å². The number of thioether (sulfide) groups is 1. The van der Waals surface area contributed by atoms with Crippen molar-refractivity contribution in [2.45, 2.75) is 44.1 Å². The molecule has 1 heterocycles. The fraction of sp³-hybridized carbons (Fsp3) is 0.318. The van der Waals surface area contributed by atoms with E-state index < -0.39 is 0 Å². The molecule has 0 spiro atoms. The third-order valence-electron chi connectivity index (χ3n) is 4.42. The predicted octanol–water partition coefficient (Wildman–Crippen LogP) is 5.31. The van der Waals surface area contributed by atoms with Gasteiger partial charge in [0.2, 0.25) is 5.89 Å². The molecule has 1 aromatic heterocycles. The first-order valence-electron chi connectivity index (χ1n) is 9.33. The maximum absolute atomic E-state index is 11.7. The molecule has 1 atom stereocenters. The average molecular weight is 397 g/mol. The number of rotatable bonds is 9. The van der Waals surface area contributed by atoms with Crippen molar-refractivity contribution in [2.24, 2.45) is 0 Å². The average Bonchev–Trinajstić information content (AvgIpc) is 3.15. The van der Waals surface area contributed by atoms with Crippen LogP contribution in [0.1, 0.15) is 54.1 Å². The highest BCUT2D eigenvalue weighted by Crippen LogP contribution is 2.29. The molecule has 0 aliphatic carbocycles. The molecule has 5 nitrogen and oxygen atoms in total. The Labute approximate surface area is 169 Å². The second-order valence-electron chi connectivity index (χ2n) is 6.58. The summed E-state index contributed by atoms with van der Waals surface area (Å²) >= 11 is 1.45. The summed E-state index contributed by atoms with van der Waals surface area (Å²) < 4.78 is 11.5. The normalized spacial score (nSPS) is 12.0. The topological polar surface area (TPSA) is 65.2 Å². The highest BCUT2D eigenvalue weighted by Gasteiger charge is 2.14. The molecule has 3 aromatic rings. The van der Waals surface area contributed by atoms with E-state index in [1.165, 1.54) is 17.3 Å². The van der Waals surface area contributed by atoms with Crippen molar-refractivity contribution in [3.05, 3.63) is 71.1 Å². The number of hydrogen-bond donors (Lipinski definition) is 0. The molecule has 28 heavy (non-hydrogen) atoms. The van der Waals surface area contributed by atoms with Crippen LogP contribution in [0.15, 0.2) is 58.2 Å². The third-order valence-corrected chi connectivity index (χ3v) is 5.28. The smallest absolute Gasteiger partial charge is 0.276 e. The summed E-state index contributed by atoms with van der Waals surface area (Å²) in [6.07, 6.45) is 0.696. The fourth-order valence-corrected chi connectivity index (χ4v) is 3.65. The Morgan fingerprint density at radius 1 is 1.18 bits per heavy atom. The molecule has 0 bridgehead atoms. The second kappa shape index (κ2) is 9.55. The summed E-state index contributed by atoms with van der Waals surface area (Å²) in [5.74, 6) is 2.33. The molecule has 146 valence electrons. The number of hydrogen-bond acceptors (Lipinski definition) is 6. The monoisotopic (exact) mass is 396 g/mol. The zero-order valence-corrected chi connectivity index (χ0v) is 17.2. The van der Waals surface area contributed by atoms with E-state index in [1.807, 2.05) is 37.3 Å². The zero-order valence-electron chi connectivity index (χ0n) is 16.3. The first-order chi connectivity index (χ1) is 13.6. The molecular weight excluding hydrogens is 372 g/mol. The molecule has 2 aromatic carbocycles. The van der Waals surface area contributed by atoms with Gasteiger partial charge in [-0.3, -0.25) is 4.79 Å². The molecule has 0 radical (unpaired) electrons. The van der Waals surface area contributed by atoms with Crippen LogP contribution >= 0.6 is 11.8 Å². The maximum atomic E-state index is 11.7. The Morgan fingerprint density at radius 2 is 1.96 bits per heavy atom. The van der Waals surface area contributed by atoms with Gasteiger partial charge in [0.15, 0.2) is 5.78 Å². The van der Waals surface area contributed by atoms with Gasteiger partial charge in [0, 0.05) is 23.3 Å². The van der Waals surface area contributed by atoms with Gasteiger partial charge < -0.3 is 9.15 Å². The van der Waals surface area contributed by atoms with Gasteiger partial charge in [-0.05, 0) is 43.5 Å². The van der Waals surface area contributed by atoms with Crippen molar-refractivity contribution in [2.75, 3.05) is 6.61 Å². The molecule has 3 rings (SSSR count). The quantitative estimate of drug-likeness (QED) is 0.361. The van der Waals surface area contributed by atoms with Gasteiger partial charge in [-0.1, -0.05) is 49.0 Å². The minimum atomic E-state index is 0.0317. The van der Waals surface area contributed by atoms with Crippen molar-refractivity contribution < 1.29 is 13.9 Å². The van der Waals surface area contributed by atoms with E-state index in [1.54, 1.807) is 13.0 Å². The number of ether oxygens (including phenoxy) is 1. The lowest BCUT2D eigenvalue weighted by molar-refractivity contribution is 0.101. The number of Topliss-reactive ketones (excluding diaryl/α,β-unsaturated/α-hetero) is 1. The highest BCUT2D eigenvalue weighted by atomic mass is 32.2. The Morgan fingerprint density at radius 3 is 2.68 bits per heavy atom. The van der Waals surface area contributed by atoms with E-state index in [4.69, 9.17) is 9.15 Å². The number of benzene rings is 2.